The highest BCUT2D eigenvalue weighted by Crippen LogP contribution is 2.09. The number of hydrogen-bond acceptors (Lipinski definition) is 3. The van der Waals surface area contributed by atoms with E-state index in [0.717, 1.165) is 0 Å². The molecule has 1 saturated heterocycles. The molecule has 0 bridgehead atoms. The molecule has 1 atom stereocenters. The summed E-state index contributed by atoms with van der Waals surface area (Å²) in [5.41, 5.74) is 0. The molecular weight excluding hydrogens is 176 g/mol. The molecule has 1 unspecified atom stereocenters. The van der Waals surface area contributed by atoms with E-state index in [4.69, 9.17) is 0 Å². The standard InChI is InChI=1S/C4H3BrO3/c5-2-1-8-4(7)3(2)6/h2H,1H2. The molecule has 1 fully saturated rings. The number of carbonyl (C=O) groups is 2. The van der Waals surface area contributed by atoms with Gasteiger partial charge in [0, 0.05) is 0 Å². The van der Waals surface area contributed by atoms with Crippen LogP contribution in [0.15, 0.2) is 0 Å². The zero-order valence-electron chi connectivity index (χ0n) is 3.89. The number of carbonyl (C=O) groups excluding carboxylic acids is 2. The first-order valence-electron chi connectivity index (χ1n) is 2.07. The number of cyclic esters (lactones) is 1. The lowest BCUT2D eigenvalue weighted by molar-refractivity contribution is -0.146. The first-order valence-corrected chi connectivity index (χ1v) is 2.98. The normalized spacial score (nSPS) is 28.4. The minimum absolute atomic E-state index is 0.178. The predicted octanol–water partition coefficient (Wildman–Crippen LogP) is -0.124. The zero-order valence-corrected chi connectivity index (χ0v) is 5.47. The molecule has 3 nitrogen and oxygen atoms in total. The Morgan fingerprint density at radius 1 is 1.62 bits per heavy atom. The zero-order chi connectivity index (χ0) is 6.15. The third-order valence-corrected chi connectivity index (χ3v) is 1.53. The lowest BCUT2D eigenvalue weighted by Crippen LogP contribution is -2.13. The number of ether oxygens (including phenoxy) is 1. The Balaban J connectivity index is 2.71. The van der Waals surface area contributed by atoms with Crippen LogP contribution >= 0.6 is 15.9 Å². The maximum atomic E-state index is 10.4. The molecule has 8 heavy (non-hydrogen) atoms. The molecule has 0 radical (unpaired) electrons. The quantitative estimate of drug-likeness (QED) is 0.295. The molecule has 1 aliphatic heterocycles. The van der Waals surface area contributed by atoms with Gasteiger partial charge in [0.1, 0.15) is 11.4 Å². The van der Waals surface area contributed by atoms with Crippen molar-refractivity contribution < 1.29 is 14.3 Å². The van der Waals surface area contributed by atoms with E-state index >= 15 is 0 Å². The van der Waals surface area contributed by atoms with Gasteiger partial charge in [0.15, 0.2) is 0 Å². The number of alkyl halides is 1. The third-order valence-electron chi connectivity index (χ3n) is 0.846. The Morgan fingerprint density at radius 3 is 2.38 bits per heavy atom. The van der Waals surface area contributed by atoms with Crippen molar-refractivity contribution in [1.29, 1.82) is 0 Å². The minimum atomic E-state index is -0.730. The SMILES string of the molecule is O=C1OCC(Br)C1=O. The molecule has 0 aromatic carbocycles. The fourth-order valence-electron chi connectivity index (χ4n) is 0.424. The third kappa shape index (κ3) is 0.753. The molecule has 1 heterocycles. The molecule has 0 amide bonds. The molecule has 1 rings (SSSR count). The van der Waals surface area contributed by atoms with Crippen LogP contribution in [0.25, 0.3) is 0 Å². The van der Waals surface area contributed by atoms with Crippen molar-refractivity contribution in [2.45, 2.75) is 4.83 Å². The second kappa shape index (κ2) is 1.85. The second-order valence-electron chi connectivity index (χ2n) is 1.43. The van der Waals surface area contributed by atoms with Crippen molar-refractivity contribution in [3.8, 4) is 0 Å². The van der Waals surface area contributed by atoms with Crippen molar-refractivity contribution in [1.82, 2.24) is 0 Å². The molecular formula is C4H3BrO3. The molecule has 0 N–H and O–H groups in total. The van der Waals surface area contributed by atoms with Gasteiger partial charge in [0.2, 0.25) is 0 Å². The second-order valence-corrected chi connectivity index (χ2v) is 2.54. The van der Waals surface area contributed by atoms with Gasteiger partial charge in [0.25, 0.3) is 5.78 Å². The van der Waals surface area contributed by atoms with Crippen LogP contribution in [0.3, 0.4) is 0 Å². The smallest absolute Gasteiger partial charge is 0.376 e. The van der Waals surface area contributed by atoms with E-state index < -0.39 is 16.6 Å². The summed E-state index contributed by atoms with van der Waals surface area (Å²) in [6.45, 7) is 0.178. The number of Topliss-reactive ketones (excluding diaryl/α,β-unsaturated/α-hetero) is 1. The minimum Gasteiger partial charge on any atom is -0.458 e. The van der Waals surface area contributed by atoms with Gasteiger partial charge >= 0.3 is 5.97 Å². The van der Waals surface area contributed by atoms with Crippen LogP contribution in [0.2, 0.25) is 0 Å². The molecule has 1 aliphatic rings. The first-order chi connectivity index (χ1) is 3.72. The Kier molecular flexibility index (Phi) is 1.33. The van der Waals surface area contributed by atoms with Crippen LogP contribution in [0, 0.1) is 0 Å². The number of esters is 1. The van der Waals surface area contributed by atoms with Crippen LogP contribution in [-0.2, 0) is 14.3 Å². The lowest BCUT2D eigenvalue weighted by atomic mass is 10.3. The summed E-state index contributed by atoms with van der Waals surface area (Å²) in [6, 6.07) is 0. The summed E-state index contributed by atoms with van der Waals surface area (Å²) < 4.78 is 4.34. The lowest BCUT2D eigenvalue weighted by Gasteiger charge is -1.84. The average Bonchev–Trinajstić information content (AvgIpc) is 1.98. The van der Waals surface area contributed by atoms with E-state index in [1.807, 2.05) is 0 Å². The van der Waals surface area contributed by atoms with Crippen LogP contribution in [0.4, 0.5) is 0 Å². The summed E-state index contributed by atoms with van der Waals surface area (Å²) in [5.74, 6) is -1.21. The molecule has 0 aliphatic carbocycles. The van der Waals surface area contributed by atoms with Crippen LogP contribution in [0.5, 0.6) is 0 Å². The monoisotopic (exact) mass is 178 g/mol. The Hall–Kier alpha value is -0.380. The Bertz CT molecular complexity index is 142. The highest BCUT2D eigenvalue weighted by Gasteiger charge is 2.32. The maximum absolute atomic E-state index is 10.4. The maximum Gasteiger partial charge on any atom is 0.376 e. The summed E-state index contributed by atoms with van der Waals surface area (Å²) in [5, 5.41) is 0. The van der Waals surface area contributed by atoms with Gasteiger partial charge in [-0.15, -0.1) is 0 Å². The summed E-state index contributed by atoms with van der Waals surface area (Å²) in [4.78, 5) is 20.2. The molecule has 0 aromatic heterocycles. The number of rotatable bonds is 0. The van der Waals surface area contributed by atoms with E-state index in [-0.39, 0.29) is 6.61 Å². The highest BCUT2D eigenvalue weighted by atomic mass is 79.9. The van der Waals surface area contributed by atoms with Gasteiger partial charge in [-0.3, -0.25) is 4.79 Å². The van der Waals surface area contributed by atoms with Gasteiger partial charge in [-0.25, -0.2) is 4.79 Å². The average molecular weight is 179 g/mol. The van der Waals surface area contributed by atoms with E-state index in [2.05, 4.69) is 20.7 Å². The van der Waals surface area contributed by atoms with Crippen molar-refractivity contribution in [2.24, 2.45) is 0 Å². The van der Waals surface area contributed by atoms with Gasteiger partial charge in [-0.2, -0.15) is 0 Å². The predicted molar refractivity (Wildman–Crippen MR) is 28.7 cm³/mol. The first kappa shape index (κ1) is 5.75. The summed E-state index contributed by atoms with van der Waals surface area (Å²) >= 11 is 2.95. The van der Waals surface area contributed by atoms with Crippen molar-refractivity contribution in [3.63, 3.8) is 0 Å². The van der Waals surface area contributed by atoms with Crippen LogP contribution in [-0.4, -0.2) is 23.2 Å². The molecule has 44 valence electrons. The molecule has 0 saturated carbocycles. The van der Waals surface area contributed by atoms with E-state index in [1.54, 1.807) is 0 Å². The van der Waals surface area contributed by atoms with Crippen molar-refractivity contribution in [3.05, 3.63) is 0 Å². The number of hydrogen-bond donors (Lipinski definition) is 0. The Morgan fingerprint density at radius 2 is 2.25 bits per heavy atom. The van der Waals surface area contributed by atoms with Gasteiger partial charge in [-0.1, -0.05) is 15.9 Å². The molecule has 0 spiro atoms. The van der Waals surface area contributed by atoms with E-state index in [0.29, 0.717) is 0 Å². The van der Waals surface area contributed by atoms with E-state index in [1.165, 1.54) is 0 Å². The van der Waals surface area contributed by atoms with Crippen molar-refractivity contribution in [2.75, 3.05) is 6.61 Å². The van der Waals surface area contributed by atoms with E-state index in [9.17, 15) is 9.59 Å². The van der Waals surface area contributed by atoms with Gasteiger partial charge in [0.05, 0.1) is 0 Å². The number of halogens is 1. The summed E-state index contributed by atoms with van der Waals surface area (Å²) in [7, 11) is 0. The largest absolute Gasteiger partial charge is 0.458 e. The fraction of sp³-hybridized carbons (Fsp3) is 0.500. The van der Waals surface area contributed by atoms with Crippen molar-refractivity contribution >= 4 is 27.7 Å². The van der Waals surface area contributed by atoms with Crippen LogP contribution < -0.4 is 0 Å². The fourth-order valence-corrected chi connectivity index (χ4v) is 0.743. The number of ketones is 1. The highest BCUT2D eigenvalue weighted by molar-refractivity contribution is 9.10. The van der Waals surface area contributed by atoms with Gasteiger partial charge < -0.3 is 4.74 Å². The molecule has 0 aromatic rings. The Labute approximate surface area is 54.1 Å². The summed E-state index contributed by atoms with van der Waals surface area (Å²) in [6.07, 6.45) is 0. The van der Waals surface area contributed by atoms with Crippen LogP contribution in [0.1, 0.15) is 0 Å². The molecule has 4 heteroatoms. The van der Waals surface area contributed by atoms with Gasteiger partial charge in [-0.05, 0) is 0 Å². The topological polar surface area (TPSA) is 43.4 Å².